The van der Waals surface area contributed by atoms with Crippen molar-refractivity contribution < 1.29 is 32.5 Å². The minimum atomic E-state index is -3.81. The topological polar surface area (TPSA) is 105 Å². The van der Waals surface area contributed by atoms with Crippen molar-refractivity contribution in [2.45, 2.75) is 30.4 Å². The van der Waals surface area contributed by atoms with E-state index in [1.807, 2.05) is 6.08 Å². The van der Waals surface area contributed by atoms with E-state index in [9.17, 15) is 18.3 Å². The number of sulfonamides is 1. The number of aliphatic hydroxyl groups is 1. The third-order valence-corrected chi connectivity index (χ3v) is 7.87. The Morgan fingerprint density at radius 1 is 1.22 bits per heavy atom. The van der Waals surface area contributed by atoms with Crippen LogP contribution in [0.3, 0.4) is 0 Å². The van der Waals surface area contributed by atoms with Crippen LogP contribution in [0, 0.1) is 11.8 Å². The quantitative estimate of drug-likeness (QED) is 0.489. The number of nitrogens with zero attached hydrogens (tertiary/aromatic N) is 2. The number of carbonyl (C=O) groups excluding carboxylic acids is 1. The number of rotatable bonds is 11. The number of allylic oxidation sites excluding steroid dienone is 1. The van der Waals surface area contributed by atoms with Crippen LogP contribution in [0.15, 0.2) is 41.0 Å². The lowest BCUT2D eigenvalue weighted by Gasteiger charge is -2.30. The first kappa shape index (κ1) is 23.0. The zero-order chi connectivity index (χ0) is 22.7. The van der Waals surface area contributed by atoms with Crippen LogP contribution in [0.2, 0.25) is 0 Å². The van der Waals surface area contributed by atoms with Gasteiger partial charge in [0.15, 0.2) is 5.76 Å². The van der Waals surface area contributed by atoms with Crippen LogP contribution in [0.1, 0.15) is 19.3 Å². The summed E-state index contributed by atoms with van der Waals surface area (Å²) in [6, 6.07) is 6.10. The molecule has 1 aromatic rings. The van der Waals surface area contributed by atoms with Gasteiger partial charge >= 0.3 is 0 Å². The first-order valence-electron chi connectivity index (χ1n) is 11.0. The van der Waals surface area contributed by atoms with Crippen molar-refractivity contribution in [2.75, 3.05) is 46.5 Å². The largest absolute Gasteiger partial charge is 0.497 e. The molecular weight excluding hydrogens is 436 g/mol. The van der Waals surface area contributed by atoms with E-state index in [-0.39, 0.29) is 43.0 Å². The van der Waals surface area contributed by atoms with E-state index in [1.165, 1.54) is 23.5 Å². The molecule has 9 nitrogen and oxygen atoms in total. The second kappa shape index (κ2) is 9.78. The third kappa shape index (κ3) is 5.43. The molecule has 32 heavy (non-hydrogen) atoms. The predicted octanol–water partition coefficient (Wildman–Crippen LogP) is 1.19. The molecule has 3 aliphatic rings. The van der Waals surface area contributed by atoms with Gasteiger partial charge < -0.3 is 24.2 Å². The number of aliphatic hydroxyl groups excluding tert-OH is 1. The maximum atomic E-state index is 13.0. The highest BCUT2D eigenvalue weighted by Gasteiger charge is 2.39. The van der Waals surface area contributed by atoms with Crippen molar-refractivity contribution in [3.8, 4) is 5.75 Å². The van der Waals surface area contributed by atoms with E-state index >= 15 is 0 Å². The van der Waals surface area contributed by atoms with Crippen molar-refractivity contribution in [3.63, 3.8) is 0 Å². The fourth-order valence-corrected chi connectivity index (χ4v) is 5.26. The summed E-state index contributed by atoms with van der Waals surface area (Å²) in [6.07, 6.45) is 4.27. The third-order valence-electron chi connectivity index (χ3n) is 5.95. The Kier molecular flexibility index (Phi) is 7.04. The molecule has 1 aromatic carbocycles. The molecule has 10 heteroatoms. The summed E-state index contributed by atoms with van der Waals surface area (Å²) in [5.74, 6) is 1.59. The van der Waals surface area contributed by atoms with Gasteiger partial charge in [0, 0.05) is 32.6 Å². The molecule has 2 atom stereocenters. The number of ether oxygens (including phenoxy) is 3. The van der Waals surface area contributed by atoms with E-state index in [1.54, 1.807) is 17.0 Å². The standard InChI is InChI=1S/C22H30N2O7S/c1-29-18-4-6-19(7-5-18)32(27,28)24(10-12-25)11-13-30-21-15-17(16-2-3-16)14-20(31-21)22(26)23-8-9-23/h4-7,14,16-17,21,25H,2-3,8-13,15H2,1H3/t17-,21+/m1/s1. The zero-order valence-electron chi connectivity index (χ0n) is 18.2. The van der Waals surface area contributed by atoms with E-state index < -0.39 is 16.3 Å². The number of carbonyl (C=O) groups is 1. The second-order valence-corrected chi connectivity index (χ2v) is 10.2. The summed E-state index contributed by atoms with van der Waals surface area (Å²) in [4.78, 5) is 14.3. The molecule has 1 amide bonds. The number of hydrogen-bond donors (Lipinski definition) is 1. The molecule has 4 rings (SSSR count). The average Bonchev–Trinajstić information content (AvgIpc) is 3.71. The number of benzene rings is 1. The SMILES string of the molecule is COc1ccc(S(=O)(=O)N(CCO)CCO[C@@H]2C[C@H](C3CC3)C=C(C(=O)N3CC3)O2)cc1. The molecule has 1 saturated carbocycles. The van der Waals surface area contributed by atoms with Crippen LogP contribution in [0.25, 0.3) is 0 Å². The van der Waals surface area contributed by atoms with Crippen molar-refractivity contribution in [3.05, 3.63) is 36.1 Å². The minimum absolute atomic E-state index is 0.0491. The molecular formula is C22H30N2O7S. The van der Waals surface area contributed by atoms with Crippen LogP contribution < -0.4 is 4.74 Å². The highest BCUT2D eigenvalue weighted by Crippen LogP contribution is 2.43. The van der Waals surface area contributed by atoms with Crippen LogP contribution >= 0.6 is 0 Å². The van der Waals surface area contributed by atoms with Crippen LogP contribution in [-0.4, -0.2) is 81.4 Å². The van der Waals surface area contributed by atoms with Gasteiger partial charge in [0.25, 0.3) is 5.91 Å². The summed E-state index contributed by atoms with van der Waals surface area (Å²) < 4.78 is 44.0. The lowest BCUT2D eigenvalue weighted by Crippen LogP contribution is -2.38. The molecule has 0 radical (unpaired) electrons. The molecule has 2 fully saturated rings. The summed E-state index contributed by atoms with van der Waals surface area (Å²) in [5, 5.41) is 9.39. The van der Waals surface area contributed by atoms with Gasteiger partial charge in [0.1, 0.15) is 5.75 Å². The fourth-order valence-electron chi connectivity index (χ4n) is 3.85. The molecule has 2 aliphatic heterocycles. The Labute approximate surface area is 188 Å². The molecule has 1 aliphatic carbocycles. The molecule has 0 bridgehead atoms. The van der Waals surface area contributed by atoms with Crippen LogP contribution in [0.4, 0.5) is 0 Å². The molecule has 176 valence electrons. The van der Waals surface area contributed by atoms with Gasteiger partial charge in [-0.15, -0.1) is 0 Å². The maximum absolute atomic E-state index is 13.0. The number of hydrogen-bond acceptors (Lipinski definition) is 7. The molecule has 0 unspecified atom stereocenters. The molecule has 1 saturated heterocycles. The average molecular weight is 467 g/mol. The lowest BCUT2D eigenvalue weighted by atomic mass is 9.96. The summed E-state index contributed by atoms with van der Waals surface area (Å²) >= 11 is 0. The van der Waals surface area contributed by atoms with Gasteiger partial charge in [0.05, 0.1) is 25.2 Å². The highest BCUT2D eigenvalue weighted by molar-refractivity contribution is 7.89. The Bertz CT molecular complexity index is 940. The normalized spacial score (nSPS) is 23.0. The van der Waals surface area contributed by atoms with Gasteiger partial charge in [-0.25, -0.2) is 8.42 Å². The zero-order valence-corrected chi connectivity index (χ0v) is 19.0. The van der Waals surface area contributed by atoms with Crippen LogP contribution in [0.5, 0.6) is 5.75 Å². The number of methoxy groups -OCH3 is 1. The smallest absolute Gasteiger partial charge is 0.288 e. The maximum Gasteiger partial charge on any atom is 0.288 e. The Balaban J connectivity index is 1.37. The minimum Gasteiger partial charge on any atom is -0.497 e. The Hall–Kier alpha value is -2.14. The number of amides is 1. The Morgan fingerprint density at radius 2 is 1.94 bits per heavy atom. The lowest BCUT2D eigenvalue weighted by molar-refractivity contribution is -0.152. The molecule has 0 spiro atoms. The van der Waals surface area contributed by atoms with Gasteiger partial charge in [-0.2, -0.15) is 4.31 Å². The fraction of sp³-hybridized carbons (Fsp3) is 0.591. The first-order chi connectivity index (χ1) is 15.4. The van der Waals surface area contributed by atoms with Gasteiger partial charge in [0.2, 0.25) is 16.3 Å². The Morgan fingerprint density at radius 3 is 2.53 bits per heavy atom. The van der Waals surface area contributed by atoms with E-state index in [2.05, 4.69) is 0 Å². The van der Waals surface area contributed by atoms with Crippen molar-refractivity contribution >= 4 is 15.9 Å². The van der Waals surface area contributed by atoms with Crippen LogP contribution in [-0.2, 0) is 24.3 Å². The summed E-state index contributed by atoms with van der Waals surface area (Å²) in [5.41, 5.74) is 0. The summed E-state index contributed by atoms with van der Waals surface area (Å²) in [7, 11) is -2.30. The van der Waals surface area contributed by atoms with Gasteiger partial charge in [-0.3, -0.25) is 4.79 Å². The molecule has 1 N–H and O–H groups in total. The van der Waals surface area contributed by atoms with E-state index in [4.69, 9.17) is 14.2 Å². The molecule has 0 aromatic heterocycles. The van der Waals surface area contributed by atoms with Crippen molar-refractivity contribution in [2.24, 2.45) is 11.8 Å². The van der Waals surface area contributed by atoms with E-state index in [0.29, 0.717) is 23.8 Å². The molecule has 2 heterocycles. The predicted molar refractivity (Wildman–Crippen MR) is 115 cm³/mol. The highest BCUT2D eigenvalue weighted by atomic mass is 32.2. The summed E-state index contributed by atoms with van der Waals surface area (Å²) in [6.45, 7) is 1.28. The second-order valence-electron chi connectivity index (χ2n) is 8.28. The van der Waals surface area contributed by atoms with Gasteiger partial charge in [-0.1, -0.05) is 0 Å². The first-order valence-corrected chi connectivity index (χ1v) is 12.4. The van der Waals surface area contributed by atoms with Gasteiger partial charge in [-0.05, 0) is 55.0 Å². The monoisotopic (exact) mass is 466 g/mol. The van der Waals surface area contributed by atoms with E-state index in [0.717, 1.165) is 25.9 Å². The van der Waals surface area contributed by atoms with Crippen molar-refractivity contribution in [1.82, 2.24) is 9.21 Å². The van der Waals surface area contributed by atoms with Crippen molar-refractivity contribution in [1.29, 1.82) is 0 Å².